The summed E-state index contributed by atoms with van der Waals surface area (Å²) in [6, 6.07) is 27.9. The Morgan fingerprint density at radius 2 is 1.35 bits per heavy atom. The molecule has 248 valence electrons. The molecule has 3 N–H and O–H groups in total. The minimum absolute atomic E-state index is 0.0423. The molecule has 0 radical (unpaired) electrons. The van der Waals surface area contributed by atoms with E-state index in [1.807, 2.05) is 18.2 Å². The van der Waals surface area contributed by atoms with Gasteiger partial charge < -0.3 is 15.6 Å². The third kappa shape index (κ3) is 11.3. The minimum Gasteiger partial charge on any atom is -0.348 e. The molecule has 0 aliphatic carbocycles. The molecule has 0 heterocycles. The Morgan fingerprint density at radius 3 is 1.83 bits per heavy atom. The van der Waals surface area contributed by atoms with Crippen molar-refractivity contribution < 1.29 is 4.52 Å². The number of rotatable bonds is 16. The standard InChI is InChI=1S/C40H55N2OP.C2H4/c1-11-16-35(12-2)44(36-17-14-13-15-18-36)43-29-39(7,8)42-40(9,10)38(5,6)28-32-21-25-34(26-22-32)37(41)33-23-19-31(20-24-33)27-30(3)4;1-2/h11-26,30,37,42H,1-2,27-29,41H2,3-10H3;1-2H2/b35-16+;. The van der Waals surface area contributed by atoms with E-state index >= 15 is 0 Å². The molecule has 3 aromatic carbocycles. The monoisotopic (exact) mass is 638 g/mol. The fraction of sp³-hybridized carbons (Fsp3) is 0.381. The number of benzene rings is 3. The number of nitrogens with two attached hydrogens (primary N) is 1. The second-order valence-corrected chi connectivity index (χ2v) is 16.1. The van der Waals surface area contributed by atoms with Crippen LogP contribution in [-0.2, 0) is 17.4 Å². The van der Waals surface area contributed by atoms with Gasteiger partial charge in [0.2, 0.25) is 0 Å². The molecule has 0 fully saturated rings. The summed E-state index contributed by atoms with van der Waals surface area (Å²) in [6.07, 6.45) is 7.71. The van der Waals surface area contributed by atoms with Crippen LogP contribution in [-0.4, -0.2) is 17.7 Å². The Hall–Kier alpha value is -3.07. The van der Waals surface area contributed by atoms with Crippen LogP contribution in [0.5, 0.6) is 0 Å². The minimum atomic E-state index is -1.01. The molecule has 0 aliphatic heterocycles. The molecule has 3 nitrogen and oxygen atoms in total. The van der Waals surface area contributed by atoms with Crippen LogP contribution in [0.4, 0.5) is 0 Å². The highest BCUT2D eigenvalue weighted by Crippen LogP contribution is 2.46. The number of hydrogen-bond acceptors (Lipinski definition) is 3. The third-order valence-electron chi connectivity index (χ3n) is 8.59. The SMILES string of the molecule is C=C.C=C/C=C(\C=C)P(OCC(C)(C)NC(C)(C)C(C)(C)Cc1ccc(C(N)c2ccc(CC(C)C)cc2)cc1)c1ccccc1. The second kappa shape index (κ2) is 17.7. The summed E-state index contributed by atoms with van der Waals surface area (Å²) in [4.78, 5) is 0. The number of allylic oxidation sites excluding steroid dienone is 4. The maximum atomic E-state index is 6.68. The molecule has 0 aromatic heterocycles. The molecule has 0 spiro atoms. The lowest BCUT2D eigenvalue weighted by Gasteiger charge is -2.47. The van der Waals surface area contributed by atoms with Crippen molar-refractivity contribution in [1.29, 1.82) is 0 Å². The molecule has 4 heteroatoms. The predicted octanol–water partition coefficient (Wildman–Crippen LogP) is 10.4. The van der Waals surface area contributed by atoms with Crippen molar-refractivity contribution in [2.45, 2.75) is 85.4 Å². The van der Waals surface area contributed by atoms with Gasteiger partial charge in [-0.05, 0) is 74.1 Å². The van der Waals surface area contributed by atoms with Gasteiger partial charge in [-0.25, -0.2) is 0 Å². The van der Waals surface area contributed by atoms with Crippen molar-refractivity contribution in [3.8, 4) is 0 Å². The Kier molecular flexibility index (Phi) is 15.1. The van der Waals surface area contributed by atoms with Crippen LogP contribution in [0.15, 0.2) is 129 Å². The summed E-state index contributed by atoms with van der Waals surface area (Å²) in [7, 11) is -1.01. The van der Waals surface area contributed by atoms with Crippen molar-refractivity contribution in [3.63, 3.8) is 0 Å². The van der Waals surface area contributed by atoms with Gasteiger partial charge in [-0.15, -0.1) is 13.2 Å². The van der Waals surface area contributed by atoms with E-state index in [9.17, 15) is 0 Å². The van der Waals surface area contributed by atoms with Gasteiger partial charge in [0, 0.05) is 21.7 Å². The molecular weight excluding hydrogens is 579 g/mol. The van der Waals surface area contributed by atoms with Gasteiger partial charge in [-0.1, -0.05) is 138 Å². The van der Waals surface area contributed by atoms with Crippen molar-refractivity contribution in [3.05, 3.63) is 151 Å². The number of hydrogen-bond donors (Lipinski definition) is 2. The maximum Gasteiger partial charge on any atom is 0.0918 e. The molecule has 3 rings (SSSR count). The average Bonchev–Trinajstić information content (AvgIpc) is 3.01. The third-order valence-corrected chi connectivity index (χ3v) is 10.5. The van der Waals surface area contributed by atoms with Crippen LogP contribution in [0.25, 0.3) is 0 Å². The van der Waals surface area contributed by atoms with Crippen LogP contribution in [0.2, 0.25) is 0 Å². The number of nitrogens with one attached hydrogen (secondary N) is 1. The predicted molar refractivity (Wildman–Crippen MR) is 205 cm³/mol. The van der Waals surface area contributed by atoms with Gasteiger partial charge in [0.1, 0.15) is 0 Å². The Labute approximate surface area is 282 Å². The maximum absolute atomic E-state index is 6.68. The molecule has 0 aliphatic rings. The molecule has 0 saturated heterocycles. The van der Waals surface area contributed by atoms with E-state index < -0.39 is 8.15 Å². The largest absolute Gasteiger partial charge is 0.348 e. The zero-order valence-corrected chi connectivity index (χ0v) is 30.7. The van der Waals surface area contributed by atoms with E-state index in [-0.39, 0.29) is 22.5 Å². The van der Waals surface area contributed by atoms with Crippen molar-refractivity contribution >= 4 is 13.5 Å². The first-order valence-corrected chi connectivity index (χ1v) is 17.6. The first-order valence-electron chi connectivity index (χ1n) is 16.3. The van der Waals surface area contributed by atoms with E-state index in [2.05, 4.69) is 160 Å². The molecular formula is C42H59N2OP. The van der Waals surface area contributed by atoms with Crippen LogP contribution < -0.4 is 16.4 Å². The van der Waals surface area contributed by atoms with E-state index in [1.54, 1.807) is 6.08 Å². The zero-order chi connectivity index (χ0) is 34.5. The van der Waals surface area contributed by atoms with Crippen LogP contribution in [0.3, 0.4) is 0 Å². The smallest absolute Gasteiger partial charge is 0.0918 e. The molecule has 2 atom stereocenters. The summed E-state index contributed by atoms with van der Waals surface area (Å²) in [5, 5.41) is 6.18. The van der Waals surface area contributed by atoms with Crippen molar-refractivity contribution in [2.24, 2.45) is 17.1 Å². The quantitative estimate of drug-likeness (QED) is 0.0932. The summed E-state index contributed by atoms with van der Waals surface area (Å²) in [6.45, 7) is 32.7. The average molecular weight is 639 g/mol. The topological polar surface area (TPSA) is 47.3 Å². The van der Waals surface area contributed by atoms with Gasteiger partial charge in [-0.2, -0.15) is 0 Å². The molecule has 2 unspecified atom stereocenters. The molecule has 46 heavy (non-hydrogen) atoms. The highest BCUT2D eigenvalue weighted by Gasteiger charge is 2.40. The van der Waals surface area contributed by atoms with Crippen LogP contribution >= 0.6 is 8.15 Å². The summed E-state index contributed by atoms with van der Waals surface area (Å²) < 4.78 is 6.67. The normalized spacial score (nSPS) is 13.8. The Bertz CT molecular complexity index is 1390. The van der Waals surface area contributed by atoms with Crippen molar-refractivity contribution in [2.75, 3.05) is 6.61 Å². The summed E-state index contributed by atoms with van der Waals surface area (Å²) in [5.74, 6) is 0.647. The van der Waals surface area contributed by atoms with Gasteiger partial charge in [0.05, 0.1) is 20.8 Å². The lowest BCUT2D eigenvalue weighted by Crippen LogP contribution is -2.61. The molecule has 3 aromatic rings. The lowest BCUT2D eigenvalue weighted by molar-refractivity contribution is 0.0924. The summed E-state index contributed by atoms with van der Waals surface area (Å²) >= 11 is 0. The molecule has 0 bridgehead atoms. The summed E-state index contributed by atoms with van der Waals surface area (Å²) in [5.41, 5.74) is 11.1. The highest BCUT2D eigenvalue weighted by atomic mass is 31.1. The van der Waals surface area contributed by atoms with Crippen LogP contribution in [0, 0.1) is 11.3 Å². The Balaban J connectivity index is 0.00000361. The van der Waals surface area contributed by atoms with Gasteiger partial charge in [0.25, 0.3) is 0 Å². The lowest BCUT2D eigenvalue weighted by atomic mass is 9.69. The van der Waals surface area contributed by atoms with E-state index in [1.165, 1.54) is 11.1 Å². The highest BCUT2D eigenvalue weighted by molar-refractivity contribution is 7.65. The second-order valence-electron chi connectivity index (χ2n) is 14.2. The molecule has 0 amide bonds. The van der Waals surface area contributed by atoms with E-state index in [0.29, 0.717) is 12.5 Å². The van der Waals surface area contributed by atoms with Gasteiger partial charge in [-0.3, -0.25) is 0 Å². The Morgan fingerprint density at radius 1 is 0.826 bits per heavy atom. The van der Waals surface area contributed by atoms with Crippen LogP contribution in [0.1, 0.15) is 83.7 Å². The first kappa shape index (κ1) is 39.1. The van der Waals surface area contributed by atoms with Gasteiger partial charge in [0.15, 0.2) is 0 Å². The molecule has 0 saturated carbocycles. The fourth-order valence-corrected chi connectivity index (χ4v) is 7.47. The fourth-order valence-electron chi connectivity index (χ4n) is 5.58. The van der Waals surface area contributed by atoms with Crippen molar-refractivity contribution in [1.82, 2.24) is 5.32 Å². The zero-order valence-electron chi connectivity index (χ0n) is 29.8. The van der Waals surface area contributed by atoms with E-state index in [0.717, 1.165) is 34.6 Å². The first-order chi connectivity index (χ1) is 21.7. The van der Waals surface area contributed by atoms with Gasteiger partial charge >= 0.3 is 0 Å². The van der Waals surface area contributed by atoms with E-state index in [4.69, 9.17) is 10.3 Å².